The molecule has 49 valence electrons. The number of hydrogen-bond donors (Lipinski definition) is 1. The first kappa shape index (κ1) is 6.29. The smallest absolute Gasteiger partial charge is 0.195 e. The molecule has 0 aromatic carbocycles. The number of hydrogen-bond acceptors (Lipinski definition) is 3. The number of aromatic nitrogens is 1. The van der Waals surface area contributed by atoms with E-state index in [0.717, 1.165) is 0 Å². The lowest BCUT2D eigenvalue weighted by Crippen LogP contribution is -1.89. The maximum atomic E-state index is 8.43. The average Bonchev–Trinajstić information content (AvgIpc) is 2.17. The van der Waals surface area contributed by atoms with Gasteiger partial charge < -0.3 is 9.52 Å². The minimum Gasteiger partial charge on any atom is -0.437 e. The molecule has 0 amide bonds. The predicted octanol–water partition coefficient (Wildman–Crippen LogP) is 0.318. The van der Waals surface area contributed by atoms with Crippen LogP contribution in [-0.2, 0) is 6.42 Å². The van der Waals surface area contributed by atoms with Crippen LogP contribution in [0.5, 0.6) is 0 Å². The van der Waals surface area contributed by atoms with Crippen LogP contribution >= 0.6 is 0 Å². The monoisotopic (exact) mass is 126 g/mol. The molecular formula is C6H8NO2. The molecule has 1 aromatic rings. The Morgan fingerprint density at radius 3 is 3.00 bits per heavy atom. The Hall–Kier alpha value is -0.830. The Labute approximate surface area is 53.3 Å². The van der Waals surface area contributed by atoms with Gasteiger partial charge in [-0.05, 0) is 0 Å². The van der Waals surface area contributed by atoms with E-state index in [1.807, 2.05) is 0 Å². The van der Waals surface area contributed by atoms with Crippen LogP contribution in [0.15, 0.2) is 4.42 Å². The summed E-state index contributed by atoms with van der Waals surface area (Å²) in [4.78, 5) is 3.92. The van der Waals surface area contributed by atoms with E-state index >= 15 is 0 Å². The highest BCUT2D eigenvalue weighted by Gasteiger charge is 1.97. The fourth-order valence-electron chi connectivity index (χ4n) is 0.581. The Bertz CT molecular complexity index is 183. The van der Waals surface area contributed by atoms with E-state index < -0.39 is 0 Å². The molecule has 0 aliphatic heterocycles. The molecule has 0 fully saturated rings. The minimum atomic E-state index is 0.0997. The SMILES string of the molecule is Cc1nc(CCO)[c]o1. The van der Waals surface area contributed by atoms with Crippen molar-refractivity contribution in [2.45, 2.75) is 13.3 Å². The average molecular weight is 126 g/mol. The van der Waals surface area contributed by atoms with E-state index in [-0.39, 0.29) is 6.61 Å². The number of aryl methyl sites for hydroxylation is 1. The highest BCUT2D eigenvalue weighted by Crippen LogP contribution is 1.98. The number of rotatable bonds is 2. The first-order valence-corrected chi connectivity index (χ1v) is 2.78. The predicted molar refractivity (Wildman–Crippen MR) is 30.9 cm³/mol. The van der Waals surface area contributed by atoms with Crippen LogP contribution in [0.1, 0.15) is 11.6 Å². The van der Waals surface area contributed by atoms with Crippen LogP contribution < -0.4 is 0 Å². The molecule has 0 saturated carbocycles. The van der Waals surface area contributed by atoms with E-state index in [1.54, 1.807) is 6.92 Å². The Morgan fingerprint density at radius 2 is 2.56 bits per heavy atom. The molecule has 3 nitrogen and oxygen atoms in total. The molecule has 1 rings (SSSR count). The van der Waals surface area contributed by atoms with Crippen molar-refractivity contribution < 1.29 is 9.52 Å². The third-order valence-electron chi connectivity index (χ3n) is 0.958. The lowest BCUT2D eigenvalue weighted by molar-refractivity contribution is 0.298. The second kappa shape index (κ2) is 2.64. The number of nitrogens with zero attached hydrogens (tertiary/aromatic N) is 1. The van der Waals surface area contributed by atoms with Crippen LogP contribution in [-0.4, -0.2) is 16.7 Å². The highest BCUT2D eigenvalue weighted by molar-refractivity contribution is 4.93. The van der Waals surface area contributed by atoms with E-state index in [2.05, 4.69) is 11.2 Å². The normalized spacial score (nSPS) is 10.0. The molecule has 1 radical (unpaired) electrons. The summed E-state index contributed by atoms with van der Waals surface area (Å²) >= 11 is 0. The van der Waals surface area contributed by atoms with Gasteiger partial charge in [-0.25, -0.2) is 4.98 Å². The molecule has 0 atom stereocenters. The van der Waals surface area contributed by atoms with Crippen molar-refractivity contribution in [3.63, 3.8) is 0 Å². The standard InChI is InChI=1S/C6H8NO2/c1-5-7-6(2-3-8)4-9-5/h8H,2-3H2,1H3. The van der Waals surface area contributed by atoms with Crippen LogP contribution in [0.2, 0.25) is 0 Å². The molecule has 0 saturated heterocycles. The van der Waals surface area contributed by atoms with Gasteiger partial charge in [0.25, 0.3) is 0 Å². The van der Waals surface area contributed by atoms with Crippen molar-refractivity contribution >= 4 is 0 Å². The zero-order valence-corrected chi connectivity index (χ0v) is 5.22. The van der Waals surface area contributed by atoms with Crippen molar-refractivity contribution in [3.05, 3.63) is 17.8 Å². The number of aliphatic hydroxyl groups is 1. The lowest BCUT2D eigenvalue weighted by Gasteiger charge is -1.82. The third kappa shape index (κ3) is 1.54. The Kier molecular flexibility index (Phi) is 1.85. The summed E-state index contributed by atoms with van der Waals surface area (Å²) in [5.41, 5.74) is 0.690. The molecule has 9 heavy (non-hydrogen) atoms. The van der Waals surface area contributed by atoms with Gasteiger partial charge in [0.2, 0.25) is 0 Å². The summed E-state index contributed by atoms with van der Waals surface area (Å²) in [6, 6.07) is 0. The fourth-order valence-corrected chi connectivity index (χ4v) is 0.581. The maximum Gasteiger partial charge on any atom is 0.195 e. The van der Waals surface area contributed by atoms with Crippen molar-refractivity contribution in [1.82, 2.24) is 4.98 Å². The molecule has 1 aromatic heterocycles. The van der Waals surface area contributed by atoms with Gasteiger partial charge in [0.15, 0.2) is 12.2 Å². The zero-order chi connectivity index (χ0) is 6.69. The second-order valence-electron chi connectivity index (χ2n) is 1.76. The van der Waals surface area contributed by atoms with Gasteiger partial charge in [-0.15, -0.1) is 0 Å². The van der Waals surface area contributed by atoms with Crippen molar-refractivity contribution in [2.75, 3.05) is 6.61 Å². The fraction of sp³-hybridized carbons (Fsp3) is 0.500. The van der Waals surface area contributed by atoms with Crippen LogP contribution in [0.4, 0.5) is 0 Å². The molecule has 1 N–H and O–H groups in total. The van der Waals surface area contributed by atoms with Gasteiger partial charge in [0, 0.05) is 20.0 Å². The zero-order valence-electron chi connectivity index (χ0n) is 5.22. The number of oxazole rings is 1. The van der Waals surface area contributed by atoms with Gasteiger partial charge in [-0.3, -0.25) is 0 Å². The summed E-state index contributed by atoms with van der Waals surface area (Å²) in [6.45, 7) is 1.85. The molecule has 0 unspecified atom stereocenters. The molecule has 0 aliphatic rings. The van der Waals surface area contributed by atoms with E-state index in [9.17, 15) is 0 Å². The summed E-state index contributed by atoms with van der Waals surface area (Å²) in [7, 11) is 0. The van der Waals surface area contributed by atoms with Crippen LogP contribution in [0.3, 0.4) is 0 Å². The van der Waals surface area contributed by atoms with E-state index in [0.29, 0.717) is 18.0 Å². The summed E-state index contributed by atoms with van der Waals surface area (Å²) in [6.07, 6.45) is 3.09. The molecule has 0 spiro atoms. The topological polar surface area (TPSA) is 46.3 Å². The van der Waals surface area contributed by atoms with Gasteiger partial charge in [-0.1, -0.05) is 0 Å². The van der Waals surface area contributed by atoms with Gasteiger partial charge in [0.05, 0.1) is 5.69 Å². The summed E-state index contributed by atoms with van der Waals surface area (Å²) < 4.78 is 4.77. The van der Waals surface area contributed by atoms with Crippen molar-refractivity contribution in [1.29, 1.82) is 0 Å². The summed E-state index contributed by atoms with van der Waals surface area (Å²) in [5.74, 6) is 0.596. The minimum absolute atomic E-state index is 0.0997. The van der Waals surface area contributed by atoms with Crippen molar-refractivity contribution in [2.24, 2.45) is 0 Å². The molecule has 1 heterocycles. The van der Waals surface area contributed by atoms with Crippen LogP contribution in [0.25, 0.3) is 0 Å². The molecule has 0 aliphatic carbocycles. The van der Waals surface area contributed by atoms with Gasteiger partial charge in [-0.2, -0.15) is 0 Å². The Morgan fingerprint density at radius 1 is 1.78 bits per heavy atom. The Balaban J connectivity index is 2.61. The largest absolute Gasteiger partial charge is 0.437 e. The van der Waals surface area contributed by atoms with Gasteiger partial charge in [0.1, 0.15) is 0 Å². The molecular weight excluding hydrogens is 118 g/mol. The molecule has 0 bridgehead atoms. The van der Waals surface area contributed by atoms with E-state index in [4.69, 9.17) is 9.52 Å². The van der Waals surface area contributed by atoms with Crippen molar-refractivity contribution in [3.8, 4) is 0 Å². The molecule has 3 heteroatoms. The summed E-state index contributed by atoms with van der Waals surface area (Å²) in [5, 5.41) is 8.43. The first-order valence-electron chi connectivity index (χ1n) is 2.78. The van der Waals surface area contributed by atoms with Crippen LogP contribution in [0, 0.1) is 13.2 Å². The first-order chi connectivity index (χ1) is 4.33. The highest BCUT2D eigenvalue weighted by atomic mass is 16.3. The quantitative estimate of drug-likeness (QED) is 0.620. The van der Waals surface area contributed by atoms with Gasteiger partial charge >= 0.3 is 0 Å². The number of aliphatic hydroxyl groups excluding tert-OH is 1. The lowest BCUT2D eigenvalue weighted by atomic mass is 10.4. The van der Waals surface area contributed by atoms with E-state index in [1.165, 1.54) is 0 Å². The maximum absolute atomic E-state index is 8.43. The second-order valence-corrected chi connectivity index (χ2v) is 1.76. The third-order valence-corrected chi connectivity index (χ3v) is 0.958.